The summed E-state index contributed by atoms with van der Waals surface area (Å²) in [6.07, 6.45) is 2.65. The first-order chi connectivity index (χ1) is 10.1. The van der Waals surface area contributed by atoms with Gasteiger partial charge in [-0.25, -0.2) is 0 Å². The van der Waals surface area contributed by atoms with Gasteiger partial charge in [0, 0.05) is 17.1 Å². The lowest BCUT2D eigenvalue weighted by Crippen LogP contribution is -2.25. The van der Waals surface area contributed by atoms with Gasteiger partial charge in [0.05, 0.1) is 13.2 Å². The molecule has 4 heteroatoms. The minimum Gasteiger partial charge on any atom is -0.490 e. The molecule has 0 saturated heterocycles. The number of benzene rings is 1. The lowest BCUT2D eigenvalue weighted by Gasteiger charge is -2.26. The van der Waals surface area contributed by atoms with E-state index < -0.39 is 0 Å². The number of halogens is 1. The zero-order valence-electron chi connectivity index (χ0n) is 13.4. The van der Waals surface area contributed by atoms with Gasteiger partial charge in [-0.05, 0) is 57.2 Å². The predicted molar refractivity (Wildman–Crippen MR) is 87.5 cm³/mol. The molecule has 0 aromatic heterocycles. The molecular weight excluding hydrogens is 286 g/mol. The maximum absolute atomic E-state index is 6.50. The van der Waals surface area contributed by atoms with Crippen LogP contribution in [0, 0.1) is 11.8 Å². The first-order valence-electron chi connectivity index (χ1n) is 7.88. The van der Waals surface area contributed by atoms with Gasteiger partial charge in [0.1, 0.15) is 0 Å². The Kier molecular flexibility index (Phi) is 5.77. The van der Waals surface area contributed by atoms with Crippen LogP contribution < -0.4 is 14.8 Å². The summed E-state index contributed by atoms with van der Waals surface area (Å²) in [5.74, 6) is 2.88. The molecule has 1 aromatic rings. The van der Waals surface area contributed by atoms with Crippen LogP contribution in [-0.2, 0) is 0 Å². The van der Waals surface area contributed by atoms with Gasteiger partial charge in [-0.15, -0.1) is 0 Å². The van der Waals surface area contributed by atoms with E-state index in [1.807, 2.05) is 33.0 Å². The van der Waals surface area contributed by atoms with Gasteiger partial charge < -0.3 is 14.8 Å². The highest BCUT2D eigenvalue weighted by molar-refractivity contribution is 6.31. The largest absolute Gasteiger partial charge is 0.490 e. The molecule has 1 aliphatic carbocycles. The first kappa shape index (κ1) is 16.4. The fourth-order valence-electron chi connectivity index (χ4n) is 2.92. The summed E-state index contributed by atoms with van der Waals surface area (Å²) in [7, 11) is 2.00. The predicted octanol–water partition coefficient (Wildman–Crippen LogP) is 4.44. The number of ether oxygens (including phenoxy) is 2. The maximum atomic E-state index is 6.50. The molecule has 2 unspecified atom stereocenters. The molecule has 2 rings (SSSR count). The van der Waals surface area contributed by atoms with Crippen molar-refractivity contribution in [2.45, 2.75) is 39.7 Å². The third-order valence-electron chi connectivity index (χ3n) is 4.20. The molecule has 2 atom stereocenters. The van der Waals surface area contributed by atoms with E-state index in [2.05, 4.69) is 12.2 Å². The quantitative estimate of drug-likeness (QED) is 0.769. The second-order valence-electron chi connectivity index (χ2n) is 5.65. The Morgan fingerprint density at radius 3 is 2.24 bits per heavy atom. The van der Waals surface area contributed by atoms with E-state index in [-0.39, 0.29) is 6.04 Å². The zero-order chi connectivity index (χ0) is 15.4. The highest BCUT2D eigenvalue weighted by Crippen LogP contribution is 2.45. The molecule has 1 fully saturated rings. The number of hydrogen-bond donors (Lipinski definition) is 1. The van der Waals surface area contributed by atoms with Crippen LogP contribution in [0.5, 0.6) is 11.5 Å². The van der Waals surface area contributed by atoms with E-state index in [1.54, 1.807) is 0 Å². The van der Waals surface area contributed by atoms with Crippen molar-refractivity contribution in [2.75, 3.05) is 20.3 Å². The summed E-state index contributed by atoms with van der Waals surface area (Å²) in [5.41, 5.74) is 1.10. The second-order valence-corrected chi connectivity index (χ2v) is 6.06. The van der Waals surface area contributed by atoms with Crippen LogP contribution in [0.3, 0.4) is 0 Å². The highest BCUT2D eigenvalue weighted by atomic mass is 35.5. The standard InChI is InChI=1S/C17H26ClNO2/c1-5-20-15-9-13(14(18)10-16(15)21-6-2)17(19-4)11(3)12-7-8-12/h9-12,17,19H,5-8H2,1-4H3. The molecule has 1 N–H and O–H groups in total. The van der Waals surface area contributed by atoms with Crippen molar-refractivity contribution in [3.63, 3.8) is 0 Å². The van der Waals surface area contributed by atoms with Gasteiger partial charge in [-0.3, -0.25) is 0 Å². The summed E-state index contributed by atoms with van der Waals surface area (Å²) in [6.45, 7) is 7.45. The van der Waals surface area contributed by atoms with Gasteiger partial charge in [0.15, 0.2) is 11.5 Å². The molecular formula is C17H26ClNO2. The maximum Gasteiger partial charge on any atom is 0.162 e. The second kappa shape index (κ2) is 7.37. The Labute approximate surface area is 133 Å². The van der Waals surface area contributed by atoms with Crippen LogP contribution in [0.25, 0.3) is 0 Å². The number of rotatable bonds is 8. The third kappa shape index (κ3) is 3.83. The molecule has 3 nitrogen and oxygen atoms in total. The van der Waals surface area contributed by atoms with Crippen LogP contribution in [0.2, 0.25) is 5.02 Å². The van der Waals surface area contributed by atoms with Crippen molar-refractivity contribution >= 4 is 11.6 Å². The lowest BCUT2D eigenvalue weighted by atomic mass is 9.90. The third-order valence-corrected chi connectivity index (χ3v) is 4.53. The molecule has 0 spiro atoms. The Morgan fingerprint density at radius 2 is 1.76 bits per heavy atom. The zero-order valence-corrected chi connectivity index (χ0v) is 14.2. The van der Waals surface area contributed by atoms with Gasteiger partial charge in [0.25, 0.3) is 0 Å². The van der Waals surface area contributed by atoms with E-state index in [0.717, 1.165) is 28.0 Å². The Hall–Kier alpha value is -0.930. The minimum atomic E-state index is 0.250. The molecule has 0 amide bonds. The first-order valence-corrected chi connectivity index (χ1v) is 8.26. The fourth-order valence-corrected chi connectivity index (χ4v) is 3.19. The van der Waals surface area contributed by atoms with Crippen molar-refractivity contribution in [3.05, 3.63) is 22.7 Å². The molecule has 1 aromatic carbocycles. The monoisotopic (exact) mass is 311 g/mol. The molecule has 0 heterocycles. The molecule has 0 aliphatic heterocycles. The Morgan fingerprint density at radius 1 is 1.19 bits per heavy atom. The minimum absolute atomic E-state index is 0.250. The van der Waals surface area contributed by atoms with E-state index in [0.29, 0.717) is 19.1 Å². The van der Waals surface area contributed by atoms with E-state index in [1.165, 1.54) is 12.8 Å². The summed E-state index contributed by atoms with van der Waals surface area (Å²) in [6, 6.07) is 4.17. The van der Waals surface area contributed by atoms with E-state index in [4.69, 9.17) is 21.1 Å². The molecule has 0 bridgehead atoms. The van der Waals surface area contributed by atoms with Crippen molar-refractivity contribution in [1.82, 2.24) is 5.32 Å². The van der Waals surface area contributed by atoms with Gasteiger partial charge >= 0.3 is 0 Å². The van der Waals surface area contributed by atoms with Crippen LogP contribution >= 0.6 is 11.6 Å². The van der Waals surface area contributed by atoms with Crippen molar-refractivity contribution < 1.29 is 9.47 Å². The molecule has 1 aliphatic rings. The van der Waals surface area contributed by atoms with Gasteiger partial charge in [-0.2, -0.15) is 0 Å². The Balaban J connectivity index is 2.34. The van der Waals surface area contributed by atoms with Gasteiger partial charge in [-0.1, -0.05) is 18.5 Å². The van der Waals surface area contributed by atoms with Crippen molar-refractivity contribution in [2.24, 2.45) is 11.8 Å². The van der Waals surface area contributed by atoms with Crippen LogP contribution in [-0.4, -0.2) is 20.3 Å². The SMILES string of the molecule is CCOc1cc(Cl)c(C(NC)C(C)C2CC2)cc1OCC. The average Bonchev–Trinajstić information content (AvgIpc) is 3.29. The van der Waals surface area contributed by atoms with Crippen LogP contribution in [0.1, 0.15) is 45.2 Å². The summed E-state index contributed by atoms with van der Waals surface area (Å²) >= 11 is 6.50. The number of hydrogen-bond acceptors (Lipinski definition) is 3. The van der Waals surface area contributed by atoms with Gasteiger partial charge in [0.2, 0.25) is 0 Å². The van der Waals surface area contributed by atoms with Crippen LogP contribution in [0.15, 0.2) is 12.1 Å². The molecule has 118 valence electrons. The van der Waals surface area contributed by atoms with E-state index >= 15 is 0 Å². The highest BCUT2D eigenvalue weighted by Gasteiger charge is 2.34. The lowest BCUT2D eigenvalue weighted by molar-refractivity contribution is 0.286. The van der Waals surface area contributed by atoms with Crippen LogP contribution in [0.4, 0.5) is 0 Å². The summed E-state index contributed by atoms with van der Waals surface area (Å²) in [4.78, 5) is 0. The Bertz CT molecular complexity index is 474. The van der Waals surface area contributed by atoms with Crippen molar-refractivity contribution in [3.8, 4) is 11.5 Å². The van der Waals surface area contributed by atoms with Crippen molar-refractivity contribution in [1.29, 1.82) is 0 Å². The smallest absolute Gasteiger partial charge is 0.162 e. The molecule has 1 saturated carbocycles. The summed E-state index contributed by atoms with van der Waals surface area (Å²) in [5, 5.41) is 4.16. The molecule has 21 heavy (non-hydrogen) atoms. The average molecular weight is 312 g/mol. The topological polar surface area (TPSA) is 30.5 Å². The van der Waals surface area contributed by atoms with E-state index in [9.17, 15) is 0 Å². The fraction of sp³-hybridized carbons (Fsp3) is 0.647. The molecule has 0 radical (unpaired) electrons. The normalized spacial score (nSPS) is 17.4. The number of nitrogens with one attached hydrogen (secondary N) is 1. The summed E-state index contributed by atoms with van der Waals surface area (Å²) < 4.78 is 11.4.